The maximum absolute atomic E-state index is 8.94. The molecule has 12 heavy (non-hydrogen) atoms. The van der Waals surface area contributed by atoms with Gasteiger partial charge < -0.3 is 10.8 Å². The second kappa shape index (κ2) is 4.40. The molecule has 0 aliphatic heterocycles. The van der Waals surface area contributed by atoms with Crippen molar-refractivity contribution in [3.8, 4) is 0 Å². The topological polar surface area (TPSA) is 59.1 Å². The highest BCUT2D eigenvalue weighted by atomic mass is 35.5. The van der Waals surface area contributed by atoms with Crippen molar-refractivity contribution in [1.29, 1.82) is 0 Å². The molecule has 1 unspecified atom stereocenters. The zero-order chi connectivity index (χ0) is 8.97. The predicted molar refractivity (Wildman–Crippen MR) is 48.1 cm³/mol. The lowest BCUT2D eigenvalue weighted by atomic mass is 10.0. The van der Waals surface area contributed by atoms with Crippen molar-refractivity contribution in [2.75, 3.05) is 13.2 Å². The van der Waals surface area contributed by atoms with Crippen LogP contribution in [-0.4, -0.2) is 23.2 Å². The molecule has 1 rings (SSSR count). The van der Waals surface area contributed by atoms with Crippen LogP contribution >= 0.6 is 11.6 Å². The quantitative estimate of drug-likeness (QED) is 0.733. The van der Waals surface area contributed by atoms with E-state index in [1.807, 2.05) is 0 Å². The first-order valence-corrected chi connectivity index (χ1v) is 4.07. The van der Waals surface area contributed by atoms with Gasteiger partial charge in [-0.15, -0.1) is 0 Å². The number of aliphatic hydroxyl groups is 1. The van der Waals surface area contributed by atoms with Crippen molar-refractivity contribution in [2.45, 2.75) is 5.92 Å². The van der Waals surface area contributed by atoms with E-state index in [0.29, 0.717) is 11.6 Å². The number of pyridine rings is 1. The molecule has 0 aromatic carbocycles. The standard InChI is InChI=1S/C8H11ClN2O/c9-8-4-11-2-1-7(8)6(3-10)5-12/h1-2,4,6,12H,3,5,10H2. The van der Waals surface area contributed by atoms with E-state index in [9.17, 15) is 0 Å². The van der Waals surface area contributed by atoms with Crippen molar-refractivity contribution in [2.24, 2.45) is 5.73 Å². The summed E-state index contributed by atoms with van der Waals surface area (Å²) in [5, 5.41) is 9.50. The Labute approximate surface area is 76.2 Å². The highest BCUT2D eigenvalue weighted by molar-refractivity contribution is 6.31. The summed E-state index contributed by atoms with van der Waals surface area (Å²) in [4.78, 5) is 3.84. The van der Waals surface area contributed by atoms with Crippen molar-refractivity contribution in [3.05, 3.63) is 29.0 Å². The number of aliphatic hydroxyl groups excluding tert-OH is 1. The molecule has 4 heteroatoms. The van der Waals surface area contributed by atoms with Gasteiger partial charge in [-0.2, -0.15) is 0 Å². The van der Waals surface area contributed by atoms with Gasteiger partial charge in [0.1, 0.15) is 0 Å². The summed E-state index contributed by atoms with van der Waals surface area (Å²) in [6.07, 6.45) is 3.19. The number of nitrogens with two attached hydrogens (primary N) is 1. The minimum absolute atomic E-state index is 0.0141. The lowest BCUT2D eigenvalue weighted by molar-refractivity contribution is 0.268. The molecule has 0 saturated heterocycles. The SMILES string of the molecule is NCC(CO)c1ccncc1Cl. The summed E-state index contributed by atoms with van der Waals surface area (Å²) in [7, 11) is 0. The third-order valence-corrected chi connectivity index (χ3v) is 2.06. The maximum atomic E-state index is 8.94. The Balaban J connectivity index is 2.92. The lowest BCUT2D eigenvalue weighted by Crippen LogP contribution is -2.16. The second-order valence-corrected chi connectivity index (χ2v) is 2.92. The number of nitrogens with zero attached hydrogens (tertiary/aromatic N) is 1. The molecule has 66 valence electrons. The van der Waals surface area contributed by atoms with E-state index in [1.54, 1.807) is 18.5 Å². The first kappa shape index (κ1) is 9.45. The number of halogens is 1. The van der Waals surface area contributed by atoms with Gasteiger partial charge in [0.15, 0.2) is 0 Å². The van der Waals surface area contributed by atoms with Crippen LogP contribution in [0.3, 0.4) is 0 Å². The summed E-state index contributed by atoms with van der Waals surface area (Å²) in [5.74, 6) is -0.0829. The van der Waals surface area contributed by atoms with E-state index < -0.39 is 0 Å². The fourth-order valence-corrected chi connectivity index (χ4v) is 1.29. The minimum atomic E-state index is -0.0829. The fraction of sp³-hybridized carbons (Fsp3) is 0.375. The molecule has 0 fully saturated rings. The first-order valence-electron chi connectivity index (χ1n) is 3.70. The summed E-state index contributed by atoms with van der Waals surface area (Å²) < 4.78 is 0. The van der Waals surface area contributed by atoms with Gasteiger partial charge in [0, 0.05) is 24.9 Å². The van der Waals surface area contributed by atoms with Crippen molar-refractivity contribution >= 4 is 11.6 Å². The minimum Gasteiger partial charge on any atom is -0.396 e. The Hall–Kier alpha value is -0.640. The van der Waals surface area contributed by atoms with Crippen molar-refractivity contribution < 1.29 is 5.11 Å². The van der Waals surface area contributed by atoms with Gasteiger partial charge in [0.25, 0.3) is 0 Å². The van der Waals surface area contributed by atoms with E-state index in [4.69, 9.17) is 22.4 Å². The smallest absolute Gasteiger partial charge is 0.0625 e. The molecule has 0 radical (unpaired) electrons. The molecule has 1 atom stereocenters. The summed E-state index contributed by atoms with van der Waals surface area (Å²) >= 11 is 5.85. The average Bonchev–Trinajstić information content (AvgIpc) is 2.10. The molecule has 1 heterocycles. The molecule has 0 amide bonds. The fourth-order valence-electron chi connectivity index (χ4n) is 1.02. The third kappa shape index (κ3) is 1.94. The molecule has 0 bridgehead atoms. The van der Waals surface area contributed by atoms with E-state index in [2.05, 4.69) is 4.98 Å². The van der Waals surface area contributed by atoms with Crippen LogP contribution < -0.4 is 5.73 Å². The molecular formula is C8H11ClN2O. The predicted octanol–water partition coefficient (Wildman–Crippen LogP) is 0.770. The van der Waals surface area contributed by atoms with Crippen LogP contribution in [0.1, 0.15) is 11.5 Å². The van der Waals surface area contributed by atoms with Crippen LogP contribution in [-0.2, 0) is 0 Å². The van der Waals surface area contributed by atoms with Crippen LogP contribution in [0, 0.1) is 0 Å². The van der Waals surface area contributed by atoms with Crippen LogP contribution in [0.25, 0.3) is 0 Å². The summed E-state index contributed by atoms with van der Waals surface area (Å²) in [6, 6.07) is 1.77. The van der Waals surface area contributed by atoms with Gasteiger partial charge >= 0.3 is 0 Å². The zero-order valence-electron chi connectivity index (χ0n) is 6.57. The Morgan fingerprint density at radius 3 is 2.92 bits per heavy atom. The monoisotopic (exact) mass is 186 g/mol. The number of rotatable bonds is 3. The van der Waals surface area contributed by atoms with Crippen LogP contribution in [0.5, 0.6) is 0 Å². The summed E-state index contributed by atoms with van der Waals surface area (Å²) in [5.41, 5.74) is 6.30. The van der Waals surface area contributed by atoms with E-state index in [1.165, 1.54) is 0 Å². The number of hydrogen-bond acceptors (Lipinski definition) is 3. The molecule has 1 aromatic heterocycles. The largest absolute Gasteiger partial charge is 0.396 e. The van der Waals surface area contributed by atoms with E-state index in [0.717, 1.165) is 5.56 Å². The number of aromatic nitrogens is 1. The molecule has 0 aliphatic rings. The molecule has 0 saturated carbocycles. The van der Waals surface area contributed by atoms with Crippen LogP contribution in [0.15, 0.2) is 18.5 Å². The lowest BCUT2D eigenvalue weighted by Gasteiger charge is -2.12. The first-order chi connectivity index (χ1) is 5.79. The average molecular weight is 187 g/mol. The van der Waals surface area contributed by atoms with Crippen molar-refractivity contribution in [3.63, 3.8) is 0 Å². The van der Waals surface area contributed by atoms with Gasteiger partial charge in [-0.25, -0.2) is 0 Å². The van der Waals surface area contributed by atoms with Crippen LogP contribution in [0.4, 0.5) is 0 Å². The molecular weight excluding hydrogens is 176 g/mol. The second-order valence-electron chi connectivity index (χ2n) is 2.51. The molecule has 3 nitrogen and oxygen atoms in total. The molecule has 0 spiro atoms. The summed E-state index contributed by atoms with van der Waals surface area (Å²) in [6.45, 7) is 0.403. The van der Waals surface area contributed by atoms with E-state index >= 15 is 0 Å². The Morgan fingerprint density at radius 1 is 1.67 bits per heavy atom. The van der Waals surface area contributed by atoms with Gasteiger partial charge in [0.2, 0.25) is 0 Å². The Kier molecular flexibility index (Phi) is 3.47. The van der Waals surface area contributed by atoms with E-state index in [-0.39, 0.29) is 12.5 Å². The normalized spacial score (nSPS) is 12.9. The van der Waals surface area contributed by atoms with Gasteiger partial charge in [-0.3, -0.25) is 4.98 Å². The van der Waals surface area contributed by atoms with Crippen LogP contribution in [0.2, 0.25) is 5.02 Å². The third-order valence-electron chi connectivity index (χ3n) is 1.75. The van der Waals surface area contributed by atoms with Gasteiger partial charge in [-0.1, -0.05) is 11.6 Å². The van der Waals surface area contributed by atoms with Gasteiger partial charge in [-0.05, 0) is 11.6 Å². The highest BCUT2D eigenvalue weighted by Gasteiger charge is 2.11. The Bertz CT molecular complexity index is 251. The Morgan fingerprint density at radius 2 is 2.42 bits per heavy atom. The van der Waals surface area contributed by atoms with Gasteiger partial charge in [0.05, 0.1) is 11.6 Å². The molecule has 3 N–H and O–H groups in total. The number of hydrogen-bond donors (Lipinski definition) is 2. The zero-order valence-corrected chi connectivity index (χ0v) is 7.33. The molecule has 0 aliphatic carbocycles. The maximum Gasteiger partial charge on any atom is 0.0625 e. The van der Waals surface area contributed by atoms with Crippen molar-refractivity contribution in [1.82, 2.24) is 4.98 Å². The molecule has 1 aromatic rings. The highest BCUT2D eigenvalue weighted by Crippen LogP contribution is 2.21.